The number of ether oxygens (including phenoxy) is 3. The van der Waals surface area contributed by atoms with E-state index in [0.29, 0.717) is 24.3 Å². The number of hydrogen-bond donors (Lipinski definition) is 1. The van der Waals surface area contributed by atoms with Crippen molar-refractivity contribution in [2.24, 2.45) is 0 Å². The predicted octanol–water partition coefficient (Wildman–Crippen LogP) is 3.37. The van der Waals surface area contributed by atoms with Crippen LogP contribution in [0.15, 0.2) is 60.8 Å². The Morgan fingerprint density at radius 3 is 2.75 bits per heavy atom. The molecule has 2 aliphatic heterocycles. The Bertz CT molecular complexity index is 1090. The average molecular weight is 439 g/mol. The van der Waals surface area contributed by atoms with Crippen molar-refractivity contribution in [1.29, 1.82) is 0 Å². The number of fused-ring (bicyclic) bond motifs is 1. The summed E-state index contributed by atoms with van der Waals surface area (Å²) >= 11 is 0. The van der Waals surface area contributed by atoms with E-state index in [1.165, 1.54) is 12.1 Å². The first kappa shape index (κ1) is 20.7. The van der Waals surface area contributed by atoms with Gasteiger partial charge in [0.1, 0.15) is 17.6 Å². The van der Waals surface area contributed by atoms with Crippen LogP contribution < -0.4 is 0 Å². The minimum Gasteiger partial charge on any atom is -0.479 e. The minimum absolute atomic E-state index is 0.157. The van der Waals surface area contributed by atoms with Crippen molar-refractivity contribution in [3.63, 3.8) is 0 Å². The Hall–Kier alpha value is -3.14. The van der Waals surface area contributed by atoms with Crippen LogP contribution >= 0.6 is 0 Å². The van der Waals surface area contributed by atoms with E-state index in [9.17, 15) is 14.3 Å². The Morgan fingerprint density at radius 2 is 1.97 bits per heavy atom. The highest BCUT2D eigenvalue weighted by atomic mass is 19.1. The number of carbonyl (C=O) groups is 1. The standard InChI is InChI=1S/C23H22FN3O5/c24-16-8-4-7-15(11-16)17-13-27(26-25-17)18-12-20(22(28)29)31-19-9-10-30-23(32-21(18)19)14-5-2-1-3-6-14/h1-8,11,13,18-21,23H,9-10,12H2,(H,28,29)/t18-,19-,20-,21-,23?/m1/s1. The zero-order chi connectivity index (χ0) is 22.1. The molecular weight excluding hydrogens is 417 g/mol. The monoisotopic (exact) mass is 439 g/mol. The van der Waals surface area contributed by atoms with Gasteiger partial charge in [0, 0.05) is 17.5 Å². The third-order valence-electron chi connectivity index (χ3n) is 5.81. The summed E-state index contributed by atoms with van der Waals surface area (Å²) in [6.45, 7) is 0.367. The highest BCUT2D eigenvalue weighted by molar-refractivity contribution is 5.72. The van der Waals surface area contributed by atoms with Crippen LogP contribution in [0, 0.1) is 5.82 Å². The number of nitrogens with zero attached hydrogens (tertiary/aromatic N) is 3. The molecule has 1 aromatic heterocycles. The lowest BCUT2D eigenvalue weighted by Gasteiger charge is -2.39. The largest absolute Gasteiger partial charge is 0.479 e. The molecule has 1 N–H and O–H groups in total. The van der Waals surface area contributed by atoms with E-state index >= 15 is 0 Å². The maximum Gasteiger partial charge on any atom is 0.332 e. The van der Waals surface area contributed by atoms with Gasteiger partial charge in [0.2, 0.25) is 0 Å². The van der Waals surface area contributed by atoms with Crippen LogP contribution in [0.2, 0.25) is 0 Å². The van der Waals surface area contributed by atoms with Crippen molar-refractivity contribution in [1.82, 2.24) is 15.0 Å². The Kier molecular flexibility index (Phi) is 5.69. The zero-order valence-electron chi connectivity index (χ0n) is 17.1. The fourth-order valence-corrected chi connectivity index (χ4v) is 4.25. The Balaban J connectivity index is 1.47. The summed E-state index contributed by atoms with van der Waals surface area (Å²) < 4.78 is 33.4. The van der Waals surface area contributed by atoms with Crippen LogP contribution in [-0.2, 0) is 19.0 Å². The molecule has 2 aromatic carbocycles. The molecule has 2 aliphatic rings. The number of hydrogen-bond acceptors (Lipinski definition) is 6. The molecule has 5 atom stereocenters. The lowest BCUT2D eigenvalue weighted by atomic mass is 9.93. The van der Waals surface area contributed by atoms with Gasteiger partial charge in [-0.15, -0.1) is 5.10 Å². The van der Waals surface area contributed by atoms with Gasteiger partial charge in [0.15, 0.2) is 12.4 Å². The first-order chi connectivity index (χ1) is 15.6. The van der Waals surface area contributed by atoms with Crippen LogP contribution in [-0.4, -0.2) is 51.0 Å². The quantitative estimate of drug-likeness (QED) is 0.666. The summed E-state index contributed by atoms with van der Waals surface area (Å²) in [6.07, 6.45) is -0.257. The fraction of sp³-hybridized carbons (Fsp3) is 0.348. The molecule has 3 heterocycles. The number of carboxylic acid groups (broad SMARTS) is 1. The second kappa shape index (κ2) is 8.78. The predicted molar refractivity (Wildman–Crippen MR) is 110 cm³/mol. The molecule has 3 aromatic rings. The lowest BCUT2D eigenvalue weighted by Crippen LogP contribution is -2.49. The molecule has 1 unspecified atom stereocenters. The maximum absolute atomic E-state index is 13.7. The molecule has 0 bridgehead atoms. The summed E-state index contributed by atoms with van der Waals surface area (Å²) in [6, 6.07) is 15.2. The molecule has 0 aliphatic carbocycles. The van der Waals surface area contributed by atoms with Crippen molar-refractivity contribution < 1.29 is 28.5 Å². The number of carboxylic acids is 1. The first-order valence-corrected chi connectivity index (χ1v) is 10.5. The highest BCUT2D eigenvalue weighted by Gasteiger charge is 2.46. The summed E-state index contributed by atoms with van der Waals surface area (Å²) in [7, 11) is 0. The molecule has 0 amide bonds. The van der Waals surface area contributed by atoms with Gasteiger partial charge in [-0.05, 0) is 18.6 Å². The molecule has 32 heavy (non-hydrogen) atoms. The van der Waals surface area contributed by atoms with Gasteiger partial charge in [0.25, 0.3) is 0 Å². The van der Waals surface area contributed by atoms with Crippen molar-refractivity contribution in [3.8, 4) is 11.3 Å². The zero-order valence-corrected chi connectivity index (χ0v) is 17.1. The molecule has 2 fully saturated rings. The molecular formula is C23H22FN3O5. The average Bonchev–Trinajstić information content (AvgIpc) is 3.19. The van der Waals surface area contributed by atoms with Crippen molar-refractivity contribution in [2.45, 2.75) is 43.5 Å². The van der Waals surface area contributed by atoms with Gasteiger partial charge in [-0.1, -0.05) is 47.7 Å². The normalized spacial score (nSPS) is 28.0. The third kappa shape index (κ3) is 4.14. The number of rotatable bonds is 4. The summed E-state index contributed by atoms with van der Waals surface area (Å²) in [5, 5.41) is 18.0. The highest BCUT2D eigenvalue weighted by Crippen LogP contribution is 2.39. The van der Waals surface area contributed by atoms with Crippen LogP contribution in [0.3, 0.4) is 0 Å². The fourth-order valence-electron chi connectivity index (χ4n) is 4.25. The van der Waals surface area contributed by atoms with Crippen LogP contribution in [0.1, 0.15) is 30.7 Å². The number of halogens is 1. The van der Waals surface area contributed by atoms with Gasteiger partial charge in [-0.25, -0.2) is 13.9 Å². The smallest absolute Gasteiger partial charge is 0.332 e. The second-order valence-corrected chi connectivity index (χ2v) is 7.90. The molecule has 0 spiro atoms. The maximum atomic E-state index is 13.7. The van der Waals surface area contributed by atoms with E-state index < -0.39 is 36.6 Å². The van der Waals surface area contributed by atoms with Gasteiger partial charge >= 0.3 is 5.97 Å². The molecule has 0 saturated carbocycles. The van der Waals surface area contributed by atoms with E-state index in [1.54, 1.807) is 23.0 Å². The number of aliphatic carboxylic acids is 1. The molecule has 166 valence electrons. The van der Waals surface area contributed by atoms with Gasteiger partial charge in [-0.2, -0.15) is 0 Å². The van der Waals surface area contributed by atoms with E-state index in [1.807, 2.05) is 30.3 Å². The summed E-state index contributed by atoms with van der Waals surface area (Å²) in [5.74, 6) is -1.41. The van der Waals surface area contributed by atoms with Crippen LogP contribution in [0.25, 0.3) is 11.3 Å². The minimum atomic E-state index is -1.04. The Labute approximate surface area is 183 Å². The van der Waals surface area contributed by atoms with Crippen LogP contribution in [0.4, 0.5) is 4.39 Å². The SMILES string of the molecule is O=C(O)[C@H]1C[C@@H](n2cc(-c3cccc(F)c3)nn2)[C@H]2OC(c3ccccc3)OCC[C@H]2O1. The van der Waals surface area contributed by atoms with Gasteiger partial charge in [0.05, 0.1) is 24.9 Å². The van der Waals surface area contributed by atoms with Gasteiger partial charge in [-0.3, -0.25) is 0 Å². The molecule has 2 saturated heterocycles. The van der Waals surface area contributed by atoms with Crippen molar-refractivity contribution in [3.05, 3.63) is 72.2 Å². The first-order valence-electron chi connectivity index (χ1n) is 10.5. The second-order valence-electron chi connectivity index (χ2n) is 7.90. The Morgan fingerprint density at radius 1 is 1.12 bits per heavy atom. The van der Waals surface area contributed by atoms with E-state index in [4.69, 9.17) is 14.2 Å². The van der Waals surface area contributed by atoms with Crippen molar-refractivity contribution in [2.75, 3.05) is 6.61 Å². The van der Waals surface area contributed by atoms with E-state index in [2.05, 4.69) is 10.3 Å². The number of benzene rings is 2. The molecule has 8 nitrogen and oxygen atoms in total. The van der Waals surface area contributed by atoms with E-state index in [0.717, 1.165) is 5.56 Å². The summed E-state index contributed by atoms with van der Waals surface area (Å²) in [4.78, 5) is 11.8. The lowest BCUT2D eigenvalue weighted by molar-refractivity contribution is -0.217. The molecule has 5 rings (SSSR count). The molecule has 9 heteroatoms. The molecule has 0 radical (unpaired) electrons. The van der Waals surface area contributed by atoms with Crippen molar-refractivity contribution >= 4 is 5.97 Å². The topological polar surface area (TPSA) is 95.7 Å². The third-order valence-corrected chi connectivity index (χ3v) is 5.81. The van der Waals surface area contributed by atoms with E-state index in [-0.39, 0.29) is 12.2 Å². The van der Waals surface area contributed by atoms with Gasteiger partial charge < -0.3 is 19.3 Å². The number of aromatic nitrogens is 3. The summed E-state index contributed by atoms with van der Waals surface area (Å²) in [5.41, 5.74) is 1.94. The van der Waals surface area contributed by atoms with Crippen LogP contribution in [0.5, 0.6) is 0 Å².